The van der Waals surface area contributed by atoms with E-state index in [4.69, 9.17) is 4.74 Å². The number of methoxy groups -OCH3 is 1. The van der Waals surface area contributed by atoms with E-state index in [-0.39, 0.29) is 6.10 Å². The molecule has 1 aromatic rings. The molecule has 0 bridgehead atoms. The molecule has 2 heterocycles. The van der Waals surface area contributed by atoms with Gasteiger partial charge in [-0.2, -0.15) is 5.10 Å². The highest BCUT2D eigenvalue weighted by atomic mass is 16.5. The molecule has 5 nitrogen and oxygen atoms in total. The summed E-state index contributed by atoms with van der Waals surface area (Å²) in [7, 11) is 3.67. The summed E-state index contributed by atoms with van der Waals surface area (Å²) in [5.41, 5.74) is 2.11. The Hall–Kier alpha value is -1.23. The van der Waals surface area contributed by atoms with Gasteiger partial charge in [0.05, 0.1) is 11.8 Å². The second-order valence-corrected chi connectivity index (χ2v) is 3.55. The van der Waals surface area contributed by atoms with Crippen LogP contribution in [0.25, 0.3) is 0 Å². The molecule has 1 aromatic heterocycles. The Morgan fingerprint density at radius 3 is 2.86 bits per heavy atom. The van der Waals surface area contributed by atoms with E-state index in [0.717, 1.165) is 30.3 Å². The molecule has 0 radical (unpaired) electrons. The van der Waals surface area contributed by atoms with Crippen LogP contribution in [0.3, 0.4) is 0 Å². The Morgan fingerprint density at radius 1 is 1.43 bits per heavy atom. The molecule has 5 heteroatoms. The second-order valence-electron chi connectivity index (χ2n) is 3.55. The quantitative estimate of drug-likeness (QED) is 0.690. The number of ether oxygens (including phenoxy) is 1. The van der Waals surface area contributed by atoms with Crippen LogP contribution in [0.1, 0.15) is 5.69 Å². The van der Waals surface area contributed by atoms with Crippen molar-refractivity contribution in [1.29, 1.82) is 0 Å². The van der Waals surface area contributed by atoms with Crippen molar-refractivity contribution in [3.05, 3.63) is 5.69 Å². The Morgan fingerprint density at radius 2 is 2.14 bits per heavy atom. The topological polar surface area (TPSA) is 51.1 Å². The average Bonchev–Trinajstić information content (AvgIpc) is 2.40. The molecular formula is C9H16N4O. The molecule has 1 aliphatic rings. The van der Waals surface area contributed by atoms with Crippen LogP contribution in [0.15, 0.2) is 0 Å². The molecule has 2 rings (SSSR count). The van der Waals surface area contributed by atoms with Crippen LogP contribution in [0.4, 0.5) is 11.5 Å². The number of aryl methyl sites for hydroxylation is 2. The van der Waals surface area contributed by atoms with Crippen LogP contribution >= 0.6 is 0 Å². The van der Waals surface area contributed by atoms with Gasteiger partial charge in [0.2, 0.25) is 0 Å². The van der Waals surface area contributed by atoms with E-state index in [9.17, 15) is 0 Å². The van der Waals surface area contributed by atoms with Crippen LogP contribution < -0.4 is 10.6 Å². The summed E-state index contributed by atoms with van der Waals surface area (Å²) in [5.74, 6) is 1.04. The third kappa shape index (κ3) is 1.43. The highest BCUT2D eigenvalue weighted by Gasteiger charge is 2.19. The van der Waals surface area contributed by atoms with Gasteiger partial charge in [0.25, 0.3) is 0 Å². The monoisotopic (exact) mass is 196 g/mol. The third-order valence-electron chi connectivity index (χ3n) is 2.56. The summed E-state index contributed by atoms with van der Waals surface area (Å²) < 4.78 is 7.15. The van der Waals surface area contributed by atoms with Crippen molar-refractivity contribution in [1.82, 2.24) is 9.78 Å². The Kier molecular flexibility index (Phi) is 2.33. The average molecular weight is 196 g/mol. The van der Waals surface area contributed by atoms with Gasteiger partial charge >= 0.3 is 0 Å². The van der Waals surface area contributed by atoms with Gasteiger partial charge in [-0.25, -0.2) is 0 Å². The van der Waals surface area contributed by atoms with E-state index in [0.29, 0.717) is 0 Å². The minimum absolute atomic E-state index is 0.210. The van der Waals surface area contributed by atoms with E-state index in [1.54, 1.807) is 7.11 Å². The molecule has 0 saturated carbocycles. The van der Waals surface area contributed by atoms with E-state index in [1.165, 1.54) is 0 Å². The highest BCUT2D eigenvalue weighted by molar-refractivity contribution is 5.68. The number of nitrogens with zero attached hydrogens (tertiary/aromatic N) is 2. The number of rotatable bonds is 1. The zero-order valence-electron chi connectivity index (χ0n) is 8.79. The number of nitrogens with one attached hydrogen (secondary N) is 2. The van der Waals surface area contributed by atoms with Crippen LogP contribution in [-0.2, 0) is 11.8 Å². The molecule has 0 spiro atoms. The standard InChI is InChI=1S/C9H16N4O/c1-6-8-9(13(2)12-6)11-5-7(14-3)4-10-8/h7,10-11H,4-5H2,1-3H3. The minimum atomic E-state index is 0.210. The lowest BCUT2D eigenvalue weighted by atomic mass is 10.3. The van der Waals surface area contributed by atoms with Gasteiger partial charge in [0.1, 0.15) is 11.5 Å². The van der Waals surface area contributed by atoms with E-state index < -0.39 is 0 Å². The molecule has 0 aliphatic carbocycles. The molecule has 0 amide bonds. The maximum Gasteiger partial charge on any atom is 0.148 e. The maximum atomic E-state index is 5.30. The van der Waals surface area contributed by atoms with Crippen LogP contribution in [0, 0.1) is 6.92 Å². The van der Waals surface area contributed by atoms with E-state index in [2.05, 4.69) is 15.7 Å². The SMILES string of the molecule is COC1CNc2c(C)nn(C)c2NC1. The highest BCUT2D eigenvalue weighted by Crippen LogP contribution is 2.26. The van der Waals surface area contributed by atoms with Crippen molar-refractivity contribution in [2.45, 2.75) is 13.0 Å². The largest absolute Gasteiger partial charge is 0.378 e. The van der Waals surface area contributed by atoms with Gasteiger partial charge in [0.15, 0.2) is 0 Å². The van der Waals surface area contributed by atoms with Gasteiger partial charge in [-0.1, -0.05) is 0 Å². The van der Waals surface area contributed by atoms with Crippen molar-refractivity contribution in [3.63, 3.8) is 0 Å². The van der Waals surface area contributed by atoms with Gasteiger partial charge in [0, 0.05) is 27.2 Å². The first kappa shape index (κ1) is 9.33. The number of fused-ring (bicyclic) bond motifs is 1. The Labute approximate surface area is 83.4 Å². The first-order valence-electron chi connectivity index (χ1n) is 4.76. The fraction of sp³-hybridized carbons (Fsp3) is 0.667. The first-order valence-corrected chi connectivity index (χ1v) is 4.76. The zero-order chi connectivity index (χ0) is 10.1. The van der Waals surface area contributed by atoms with Crippen molar-refractivity contribution in [2.24, 2.45) is 7.05 Å². The molecule has 0 saturated heterocycles. The predicted octanol–water partition coefficient (Wildman–Crippen LogP) is 0.581. The normalized spacial score (nSPS) is 20.6. The summed E-state index contributed by atoms with van der Waals surface area (Å²) in [6, 6.07) is 0. The summed E-state index contributed by atoms with van der Waals surface area (Å²) in [4.78, 5) is 0. The third-order valence-corrected chi connectivity index (χ3v) is 2.56. The lowest BCUT2D eigenvalue weighted by Gasteiger charge is -2.12. The van der Waals surface area contributed by atoms with E-state index >= 15 is 0 Å². The molecule has 78 valence electrons. The number of hydrogen-bond acceptors (Lipinski definition) is 4. The molecule has 0 fully saturated rings. The molecule has 2 N–H and O–H groups in total. The predicted molar refractivity (Wildman–Crippen MR) is 55.7 cm³/mol. The fourth-order valence-electron chi connectivity index (χ4n) is 1.74. The van der Waals surface area contributed by atoms with Crippen molar-refractivity contribution in [3.8, 4) is 0 Å². The fourth-order valence-corrected chi connectivity index (χ4v) is 1.74. The minimum Gasteiger partial charge on any atom is -0.378 e. The van der Waals surface area contributed by atoms with Crippen LogP contribution in [0.5, 0.6) is 0 Å². The Balaban J connectivity index is 2.26. The second kappa shape index (κ2) is 3.49. The molecule has 1 atom stereocenters. The first-order chi connectivity index (χ1) is 6.72. The van der Waals surface area contributed by atoms with E-state index in [1.807, 2.05) is 18.7 Å². The maximum absolute atomic E-state index is 5.30. The van der Waals surface area contributed by atoms with Crippen molar-refractivity contribution >= 4 is 11.5 Å². The molecule has 1 aliphatic heterocycles. The summed E-state index contributed by atoms with van der Waals surface area (Å²) >= 11 is 0. The zero-order valence-corrected chi connectivity index (χ0v) is 8.79. The molecular weight excluding hydrogens is 180 g/mol. The van der Waals surface area contributed by atoms with Gasteiger partial charge in [-0.05, 0) is 6.92 Å². The summed E-state index contributed by atoms with van der Waals surface area (Å²) in [6.45, 7) is 3.64. The van der Waals surface area contributed by atoms with Gasteiger partial charge < -0.3 is 15.4 Å². The molecule has 14 heavy (non-hydrogen) atoms. The van der Waals surface area contributed by atoms with Crippen LogP contribution in [0.2, 0.25) is 0 Å². The van der Waals surface area contributed by atoms with Gasteiger partial charge in [-0.15, -0.1) is 0 Å². The summed E-state index contributed by atoms with van der Waals surface area (Å²) in [6.07, 6.45) is 0.210. The van der Waals surface area contributed by atoms with Crippen LogP contribution in [-0.4, -0.2) is 36.1 Å². The van der Waals surface area contributed by atoms with Crippen molar-refractivity contribution in [2.75, 3.05) is 30.8 Å². The molecule has 1 unspecified atom stereocenters. The van der Waals surface area contributed by atoms with Crippen molar-refractivity contribution < 1.29 is 4.74 Å². The lowest BCUT2D eigenvalue weighted by Crippen LogP contribution is -2.27. The number of anilines is 2. The molecule has 0 aromatic carbocycles. The Bertz CT molecular complexity index is 305. The lowest BCUT2D eigenvalue weighted by molar-refractivity contribution is 0.124. The number of hydrogen-bond donors (Lipinski definition) is 2. The summed E-state index contributed by atoms with van der Waals surface area (Å²) in [5, 5.41) is 11.0. The van der Waals surface area contributed by atoms with Gasteiger partial charge in [-0.3, -0.25) is 4.68 Å². The number of aromatic nitrogens is 2. The smallest absolute Gasteiger partial charge is 0.148 e.